The van der Waals surface area contributed by atoms with Crippen molar-refractivity contribution in [1.82, 2.24) is 0 Å². The van der Waals surface area contributed by atoms with Gasteiger partial charge < -0.3 is 24.8 Å². The molecule has 4 aliphatic carbocycles. The van der Waals surface area contributed by atoms with Crippen molar-refractivity contribution in [3.8, 4) is 0 Å². The quantitative estimate of drug-likeness (QED) is 0.309. The Morgan fingerprint density at radius 2 is 1.09 bits per heavy atom. The molecule has 0 aromatic rings. The van der Waals surface area contributed by atoms with Gasteiger partial charge in [-0.1, -0.05) is 79.1 Å². The number of hydrogen-bond acceptors (Lipinski definition) is 0. The summed E-state index contributed by atoms with van der Waals surface area (Å²) in [6.45, 7) is 19.1. The standard InChI is InChI=1S/2C13H21.C2H6Si.2ClH.Zr/c2*1-10-8-11-6-4-5-7-13(2,3)12(11)9-10;1-3-2;;;/h2*6,8,10,12H,4-5,7,9H2,1-3H3;1-2H3;2*1H;/q2*-1;;;;+2/p-2. The van der Waals surface area contributed by atoms with Crippen LogP contribution in [0.3, 0.4) is 0 Å². The summed E-state index contributed by atoms with van der Waals surface area (Å²) in [6, 6.07) is 0. The Labute approximate surface area is 228 Å². The van der Waals surface area contributed by atoms with Gasteiger partial charge in [0.25, 0.3) is 0 Å². The third kappa shape index (κ3) is 9.87. The first-order valence-electron chi connectivity index (χ1n) is 12.5. The van der Waals surface area contributed by atoms with E-state index in [0.717, 1.165) is 23.7 Å². The van der Waals surface area contributed by atoms with Gasteiger partial charge in [0.1, 0.15) is 0 Å². The molecule has 32 heavy (non-hydrogen) atoms. The number of rotatable bonds is 0. The molecule has 0 saturated heterocycles. The minimum Gasteiger partial charge on any atom is -1.00 e. The summed E-state index contributed by atoms with van der Waals surface area (Å²) in [7, 11) is 0. The third-order valence-corrected chi connectivity index (χ3v) is 7.67. The summed E-state index contributed by atoms with van der Waals surface area (Å²) < 4.78 is 0. The van der Waals surface area contributed by atoms with Crippen LogP contribution in [-0.4, -0.2) is 5.43 Å². The third-order valence-electron chi connectivity index (χ3n) is 7.67. The molecule has 2 fully saturated rings. The second-order valence-corrected chi connectivity index (χ2v) is 21.4. The van der Waals surface area contributed by atoms with Crippen molar-refractivity contribution in [2.75, 3.05) is 0 Å². The van der Waals surface area contributed by atoms with Crippen LogP contribution in [0, 0.1) is 47.3 Å². The van der Waals surface area contributed by atoms with Crippen LogP contribution in [0.25, 0.3) is 0 Å². The number of allylic oxidation sites excluding steroid dienone is 4. The second-order valence-electron chi connectivity index (χ2n) is 12.0. The van der Waals surface area contributed by atoms with Gasteiger partial charge in [0, 0.05) is 0 Å². The average molecular weight is 575 g/mol. The van der Waals surface area contributed by atoms with Gasteiger partial charge in [0.05, 0.1) is 0 Å². The Morgan fingerprint density at radius 1 is 0.781 bits per heavy atom. The summed E-state index contributed by atoms with van der Waals surface area (Å²) in [5.74, 6) is 3.33. The molecule has 4 heteroatoms. The summed E-state index contributed by atoms with van der Waals surface area (Å²) in [5, 5.41) is 0. The van der Waals surface area contributed by atoms with Gasteiger partial charge in [0.2, 0.25) is 0 Å². The molecule has 0 aliphatic heterocycles. The van der Waals surface area contributed by atoms with Crippen LogP contribution in [0.15, 0.2) is 23.3 Å². The zero-order valence-electron chi connectivity index (χ0n) is 22.0. The number of fused-ring (bicyclic) bond motifs is 2. The monoisotopic (exact) mass is 572 g/mol. The molecule has 4 unspecified atom stereocenters. The van der Waals surface area contributed by atoms with E-state index < -0.39 is 0 Å². The van der Waals surface area contributed by atoms with E-state index >= 15 is 0 Å². The van der Waals surface area contributed by atoms with Crippen molar-refractivity contribution in [3.05, 3.63) is 36.1 Å². The minimum absolute atomic E-state index is 0. The van der Waals surface area contributed by atoms with Crippen molar-refractivity contribution in [1.29, 1.82) is 0 Å². The Morgan fingerprint density at radius 3 is 1.41 bits per heavy atom. The van der Waals surface area contributed by atoms with Crippen LogP contribution in [0.2, 0.25) is 13.1 Å². The topological polar surface area (TPSA) is 0 Å². The van der Waals surface area contributed by atoms with E-state index in [2.05, 4.69) is 79.6 Å². The Bertz CT molecular complexity index is 596. The van der Waals surface area contributed by atoms with Crippen LogP contribution < -0.4 is 24.8 Å². The van der Waals surface area contributed by atoms with Crippen LogP contribution in [0.1, 0.15) is 92.9 Å². The molecule has 0 spiro atoms. The molecule has 0 bridgehead atoms. The molecule has 0 amide bonds. The van der Waals surface area contributed by atoms with Gasteiger partial charge in [-0.2, -0.15) is 0 Å². The van der Waals surface area contributed by atoms with E-state index in [9.17, 15) is 0 Å². The largest absolute Gasteiger partial charge is 1.00 e. The van der Waals surface area contributed by atoms with Crippen LogP contribution in [0.4, 0.5) is 0 Å². The van der Waals surface area contributed by atoms with Gasteiger partial charge in [-0.25, -0.2) is 36.1 Å². The van der Waals surface area contributed by atoms with E-state index in [1.54, 1.807) is 34.5 Å². The average Bonchev–Trinajstić information content (AvgIpc) is 3.11. The molecule has 0 radical (unpaired) electrons. The van der Waals surface area contributed by atoms with Gasteiger partial charge in [0.15, 0.2) is 0 Å². The fraction of sp³-hybridized carbons (Fsp3) is 0.786. The second kappa shape index (κ2) is 14.5. The van der Waals surface area contributed by atoms with Gasteiger partial charge in [-0.05, 0) is 35.5 Å². The normalized spacial score (nSPS) is 31.2. The van der Waals surface area contributed by atoms with Crippen molar-refractivity contribution in [2.24, 2.45) is 34.5 Å². The summed E-state index contributed by atoms with van der Waals surface area (Å²) in [5.41, 5.74) is 4.62. The molecule has 0 nitrogen and oxygen atoms in total. The first-order valence-corrected chi connectivity index (χ1v) is 18.7. The molecule has 4 rings (SSSR count). The molecular formula is C28H48Cl2SiZr-2. The van der Waals surface area contributed by atoms with Gasteiger partial charge in [-0.3, -0.25) is 0 Å². The van der Waals surface area contributed by atoms with E-state index in [1.165, 1.54) is 51.4 Å². The molecule has 0 N–H and O–H groups in total. The van der Waals surface area contributed by atoms with Crippen LogP contribution >= 0.6 is 0 Å². The minimum atomic E-state index is 0. The zero-order chi connectivity index (χ0) is 22.5. The first kappa shape index (κ1) is 32.9. The molecule has 184 valence electrons. The smallest absolute Gasteiger partial charge is 1.00 e. The van der Waals surface area contributed by atoms with E-state index in [1.807, 2.05) is 0 Å². The summed E-state index contributed by atoms with van der Waals surface area (Å²) in [6.07, 6.45) is 20.9. The van der Waals surface area contributed by atoms with Crippen molar-refractivity contribution in [3.63, 3.8) is 0 Å². The van der Waals surface area contributed by atoms with E-state index in [0.29, 0.717) is 10.8 Å². The van der Waals surface area contributed by atoms with Crippen LogP contribution in [0.5, 0.6) is 0 Å². The van der Waals surface area contributed by atoms with Crippen molar-refractivity contribution < 1.29 is 48.1 Å². The SMILES string of the molecule is CC1[CH-]C2=CCCCC(C)(C)C2C1.CC1[CH-]C2=CCCCC(C)(C)C2C1.C[Si](C)=[Zr+2].[Cl-].[Cl-]. The van der Waals surface area contributed by atoms with Crippen molar-refractivity contribution >= 4 is 5.43 Å². The van der Waals surface area contributed by atoms with E-state index in [-0.39, 0.29) is 30.2 Å². The fourth-order valence-electron chi connectivity index (χ4n) is 6.00. The Kier molecular flexibility index (Phi) is 14.9. The van der Waals surface area contributed by atoms with E-state index in [4.69, 9.17) is 0 Å². The molecule has 2 saturated carbocycles. The fourth-order valence-corrected chi connectivity index (χ4v) is 6.00. The van der Waals surface area contributed by atoms with Gasteiger partial charge in [-0.15, -0.1) is 12.8 Å². The zero-order valence-corrected chi connectivity index (χ0v) is 27.0. The van der Waals surface area contributed by atoms with Gasteiger partial charge >= 0.3 is 41.9 Å². The first-order chi connectivity index (χ1) is 13.9. The Hall–Kier alpha value is 0.900. The predicted molar refractivity (Wildman–Crippen MR) is 132 cm³/mol. The maximum absolute atomic E-state index is 2.50. The Balaban J connectivity index is 0.000000490. The maximum atomic E-state index is 2.50. The molecule has 0 aromatic carbocycles. The molecule has 0 aromatic heterocycles. The molecule has 4 aliphatic rings. The molecular weight excluding hydrogens is 527 g/mol. The molecule has 4 atom stereocenters. The predicted octanol–water partition coefficient (Wildman–Crippen LogP) is 2.76. The summed E-state index contributed by atoms with van der Waals surface area (Å²) >= 11 is 1.74. The van der Waals surface area contributed by atoms with Crippen molar-refractivity contribution in [2.45, 2.75) is 106 Å². The number of halogens is 2. The van der Waals surface area contributed by atoms with Crippen LogP contribution in [-0.2, 0) is 23.3 Å². The molecule has 0 heterocycles. The maximum Gasteiger partial charge on any atom is -1.00 e. The summed E-state index contributed by atoms with van der Waals surface area (Å²) in [4.78, 5) is 0. The number of hydrogen-bond donors (Lipinski definition) is 0.